The molecule has 8 heteroatoms. The van der Waals surface area contributed by atoms with Gasteiger partial charge in [-0.25, -0.2) is 4.98 Å². The molecule has 8 nitrogen and oxygen atoms in total. The van der Waals surface area contributed by atoms with E-state index in [1.807, 2.05) is 12.1 Å². The molecule has 1 unspecified atom stereocenters. The number of oxime groups is 1. The van der Waals surface area contributed by atoms with Crippen molar-refractivity contribution in [3.05, 3.63) is 23.9 Å². The third-order valence-corrected chi connectivity index (χ3v) is 3.39. The van der Waals surface area contributed by atoms with Gasteiger partial charge < -0.3 is 20.4 Å². The van der Waals surface area contributed by atoms with Gasteiger partial charge in [0.1, 0.15) is 11.9 Å². The van der Waals surface area contributed by atoms with Gasteiger partial charge in [0.25, 0.3) is 5.91 Å². The maximum Gasteiger partial charge on any atom is 0.263 e. The van der Waals surface area contributed by atoms with Crippen LogP contribution in [0.3, 0.4) is 0 Å². The second kappa shape index (κ2) is 8.10. The Bertz CT molecular complexity index is 585. The fraction of sp³-hybridized carbons (Fsp3) is 0.467. The molecule has 1 aromatic heterocycles. The molecule has 1 aliphatic rings. The lowest BCUT2D eigenvalue weighted by atomic mass is 10.2. The van der Waals surface area contributed by atoms with E-state index in [4.69, 9.17) is 15.8 Å². The number of anilines is 1. The molecular weight excluding hydrogens is 296 g/mol. The number of piperazine rings is 1. The smallest absolute Gasteiger partial charge is 0.263 e. The zero-order chi connectivity index (χ0) is 16.7. The molecular formula is C15H20N6O2. The zero-order valence-electron chi connectivity index (χ0n) is 13.1. The van der Waals surface area contributed by atoms with E-state index >= 15 is 0 Å². The van der Waals surface area contributed by atoms with Gasteiger partial charge in [-0.3, -0.25) is 4.79 Å². The quantitative estimate of drug-likeness (QED) is 0.603. The van der Waals surface area contributed by atoms with Gasteiger partial charge in [-0.2, -0.15) is 5.26 Å². The van der Waals surface area contributed by atoms with Crippen molar-refractivity contribution in [1.29, 1.82) is 5.26 Å². The average Bonchev–Trinajstić information content (AvgIpc) is 2.58. The Morgan fingerprint density at radius 1 is 1.52 bits per heavy atom. The second-order valence-electron chi connectivity index (χ2n) is 5.27. The van der Waals surface area contributed by atoms with Crippen LogP contribution in [-0.2, 0) is 9.63 Å². The normalized spacial score (nSPS) is 16.2. The van der Waals surface area contributed by atoms with Gasteiger partial charge in [0.2, 0.25) is 0 Å². The van der Waals surface area contributed by atoms with Gasteiger partial charge in [0.15, 0.2) is 6.61 Å². The Kier molecular flexibility index (Phi) is 5.88. The monoisotopic (exact) mass is 316 g/mol. The SMILES string of the molecule is CC(N)C=NOCC(=O)N1CCN(c2ccc(C#N)cn2)CC1. The van der Waals surface area contributed by atoms with Gasteiger partial charge in [-0.15, -0.1) is 0 Å². The van der Waals surface area contributed by atoms with Crippen molar-refractivity contribution >= 4 is 17.9 Å². The molecule has 2 rings (SSSR count). The number of carbonyl (C=O) groups is 1. The minimum Gasteiger partial charge on any atom is -0.386 e. The molecule has 2 N–H and O–H groups in total. The molecule has 0 spiro atoms. The number of nitriles is 1. The Morgan fingerprint density at radius 3 is 2.83 bits per heavy atom. The van der Waals surface area contributed by atoms with E-state index in [2.05, 4.69) is 15.0 Å². The molecule has 2 heterocycles. The summed E-state index contributed by atoms with van der Waals surface area (Å²) in [6.45, 7) is 4.26. The molecule has 0 radical (unpaired) electrons. The number of rotatable bonds is 5. The Morgan fingerprint density at radius 2 is 2.26 bits per heavy atom. The average molecular weight is 316 g/mol. The Hall–Kier alpha value is -2.66. The fourth-order valence-corrected chi connectivity index (χ4v) is 2.15. The first-order valence-electron chi connectivity index (χ1n) is 7.40. The molecule has 1 amide bonds. The summed E-state index contributed by atoms with van der Waals surface area (Å²) in [6.07, 6.45) is 3.00. The van der Waals surface area contributed by atoms with E-state index in [-0.39, 0.29) is 18.6 Å². The highest BCUT2D eigenvalue weighted by molar-refractivity contribution is 5.77. The lowest BCUT2D eigenvalue weighted by Crippen LogP contribution is -2.49. The number of nitrogens with zero attached hydrogens (tertiary/aromatic N) is 5. The lowest BCUT2D eigenvalue weighted by molar-refractivity contribution is -0.136. The number of hydrogen-bond donors (Lipinski definition) is 1. The minimum atomic E-state index is -0.200. The predicted molar refractivity (Wildman–Crippen MR) is 85.8 cm³/mol. The Balaban J connectivity index is 1.78. The third-order valence-electron chi connectivity index (χ3n) is 3.39. The minimum absolute atomic E-state index is 0.0850. The van der Waals surface area contributed by atoms with E-state index in [0.717, 1.165) is 5.82 Å². The van der Waals surface area contributed by atoms with Crippen LogP contribution in [0.25, 0.3) is 0 Å². The third kappa shape index (κ3) is 4.93. The molecule has 0 saturated carbocycles. The predicted octanol–water partition coefficient (Wildman–Crippen LogP) is -0.0485. The van der Waals surface area contributed by atoms with Gasteiger partial charge in [0, 0.05) is 38.4 Å². The molecule has 1 saturated heterocycles. The van der Waals surface area contributed by atoms with E-state index in [1.54, 1.807) is 24.1 Å². The van der Waals surface area contributed by atoms with Crippen molar-refractivity contribution in [2.75, 3.05) is 37.7 Å². The first-order chi connectivity index (χ1) is 11.1. The molecule has 0 aromatic carbocycles. The number of nitrogens with two attached hydrogens (primary N) is 1. The number of hydrogen-bond acceptors (Lipinski definition) is 7. The van der Waals surface area contributed by atoms with Crippen molar-refractivity contribution < 1.29 is 9.63 Å². The van der Waals surface area contributed by atoms with Crippen LogP contribution in [0.15, 0.2) is 23.5 Å². The molecule has 1 aromatic rings. The zero-order valence-corrected chi connectivity index (χ0v) is 13.1. The highest BCUT2D eigenvalue weighted by Gasteiger charge is 2.22. The number of carbonyl (C=O) groups excluding carboxylic acids is 1. The van der Waals surface area contributed by atoms with Gasteiger partial charge in [-0.1, -0.05) is 5.16 Å². The topological polar surface area (TPSA) is 108 Å². The van der Waals surface area contributed by atoms with Crippen LogP contribution in [0.2, 0.25) is 0 Å². The van der Waals surface area contributed by atoms with Gasteiger partial charge in [0.05, 0.1) is 11.8 Å². The van der Waals surface area contributed by atoms with Crippen LogP contribution in [-0.4, -0.2) is 60.8 Å². The van der Waals surface area contributed by atoms with Crippen LogP contribution < -0.4 is 10.6 Å². The molecule has 23 heavy (non-hydrogen) atoms. The first-order valence-corrected chi connectivity index (χ1v) is 7.40. The summed E-state index contributed by atoms with van der Waals surface area (Å²) in [5.41, 5.74) is 6.02. The summed E-state index contributed by atoms with van der Waals surface area (Å²) in [5, 5.41) is 12.4. The highest BCUT2D eigenvalue weighted by atomic mass is 16.6. The summed E-state index contributed by atoms with van der Waals surface area (Å²) in [6, 6.07) is 5.40. The summed E-state index contributed by atoms with van der Waals surface area (Å²) in [7, 11) is 0. The standard InChI is InChI=1S/C15H20N6O2/c1-12(17)9-19-23-11-15(22)21-6-4-20(5-7-21)14-3-2-13(8-16)10-18-14/h2-3,9-10,12H,4-7,11,17H2,1H3. The maximum atomic E-state index is 12.0. The van der Waals surface area contributed by atoms with Crippen molar-refractivity contribution in [3.8, 4) is 6.07 Å². The van der Waals surface area contributed by atoms with Crippen molar-refractivity contribution in [2.24, 2.45) is 10.9 Å². The lowest BCUT2D eigenvalue weighted by Gasteiger charge is -2.35. The van der Waals surface area contributed by atoms with E-state index in [9.17, 15) is 4.79 Å². The van der Waals surface area contributed by atoms with E-state index in [1.165, 1.54) is 6.21 Å². The maximum absolute atomic E-state index is 12.0. The second-order valence-corrected chi connectivity index (χ2v) is 5.27. The van der Waals surface area contributed by atoms with E-state index in [0.29, 0.717) is 31.7 Å². The van der Waals surface area contributed by atoms with Crippen molar-refractivity contribution in [3.63, 3.8) is 0 Å². The van der Waals surface area contributed by atoms with Crippen LogP contribution in [0, 0.1) is 11.3 Å². The summed E-state index contributed by atoms with van der Waals surface area (Å²) in [5.74, 6) is 0.716. The van der Waals surface area contributed by atoms with Crippen LogP contribution in [0.1, 0.15) is 12.5 Å². The molecule has 122 valence electrons. The van der Waals surface area contributed by atoms with Gasteiger partial charge in [-0.05, 0) is 19.1 Å². The Labute approximate surface area is 135 Å². The molecule has 0 bridgehead atoms. The van der Waals surface area contributed by atoms with Crippen molar-refractivity contribution in [2.45, 2.75) is 13.0 Å². The highest BCUT2D eigenvalue weighted by Crippen LogP contribution is 2.14. The van der Waals surface area contributed by atoms with E-state index < -0.39 is 0 Å². The summed E-state index contributed by atoms with van der Waals surface area (Å²) in [4.78, 5) is 25.0. The van der Waals surface area contributed by atoms with Crippen molar-refractivity contribution in [1.82, 2.24) is 9.88 Å². The molecule has 0 aliphatic carbocycles. The largest absolute Gasteiger partial charge is 0.386 e. The summed E-state index contributed by atoms with van der Waals surface area (Å²) >= 11 is 0. The number of pyridine rings is 1. The van der Waals surface area contributed by atoms with Crippen LogP contribution in [0.5, 0.6) is 0 Å². The fourth-order valence-electron chi connectivity index (χ4n) is 2.15. The number of aromatic nitrogens is 1. The van der Waals surface area contributed by atoms with Gasteiger partial charge >= 0.3 is 0 Å². The first kappa shape index (κ1) is 16.7. The van der Waals surface area contributed by atoms with Crippen LogP contribution in [0.4, 0.5) is 5.82 Å². The van der Waals surface area contributed by atoms with Crippen LogP contribution >= 0.6 is 0 Å². The molecule has 1 aliphatic heterocycles. The molecule has 1 atom stereocenters. The number of amides is 1. The summed E-state index contributed by atoms with van der Waals surface area (Å²) < 4.78 is 0. The molecule has 1 fully saturated rings.